The van der Waals surface area contributed by atoms with E-state index in [0.29, 0.717) is 42.4 Å². The maximum absolute atomic E-state index is 13.7. The molecule has 5 rings (SSSR count). The third-order valence-corrected chi connectivity index (χ3v) is 10.5. The number of ether oxygens (including phenoxy) is 1. The number of rotatable bonds is 7. The van der Waals surface area contributed by atoms with Crippen molar-refractivity contribution in [3.8, 4) is 0 Å². The molecule has 2 heterocycles. The first-order valence-electron chi connectivity index (χ1n) is 12.9. The lowest BCUT2D eigenvalue weighted by Gasteiger charge is -2.39. The normalized spacial score (nSPS) is 19.3. The van der Waals surface area contributed by atoms with Crippen molar-refractivity contribution in [3.05, 3.63) is 98.5 Å². The largest absolute Gasteiger partial charge is 0.385 e. The molecule has 0 radical (unpaired) electrons. The smallest absolute Gasteiger partial charge is 0.248 e. The Morgan fingerprint density at radius 2 is 1.60 bits per heavy atom. The fraction of sp³-hybridized carbons (Fsp3) is 0.345. The van der Waals surface area contributed by atoms with Crippen LogP contribution >= 0.6 is 34.8 Å². The molecule has 1 N–H and O–H groups in total. The summed E-state index contributed by atoms with van der Waals surface area (Å²) in [5.74, 6) is -0.204. The Balaban J connectivity index is 1.24. The molecule has 1 amide bonds. The highest BCUT2D eigenvalue weighted by Crippen LogP contribution is 2.35. The lowest BCUT2D eigenvalue weighted by atomic mass is 9.84. The summed E-state index contributed by atoms with van der Waals surface area (Å²) in [5, 5.41) is 12.1. The molecular formula is C29H29Cl3N2O5S. The van der Waals surface area contributed by atoms with E-state index in [4.69, 9.17) is 39.5 Å². The Morgan fingerprint density at radius 1 is 0.950 bits per heavy atom. The number of aliphatic hydroxyl groups is 1. The number of amides is 1. The van der Waals surface area contributed by atoms with Gasteiger partial charge < -0.3 is 14.7 Å². The van der Waals surface area contributed by atoms with E-state index in [1.54, 1.807) is 17.0 Å². The molecule has 3 aromatic carbocycles. The molecule has 2 aliphatic rings. The molecular weight excluding hydrogens is 595 g/mol. The quantitative estimate of drug-likeness (QED) is 0.387. The van der Waals surface area contributed by atoms with Gasteiger partial charge >= 0.3 is 0 Å². The molecule has 0 aliphatic carbocycles. The average Bonchev–Trinajstić information content (AvgIpc) is 2.93. The van der Waals surface area contributed by atoms with Crippen molar-refractivity contribution in [2.24, 2.45) is 0 Å². The number of carbonyl (C=O) groups excluding carboxylic acids is 1. The second-order valence-corrected chi connectivity index (χ2v) is 13.3. The monoisotopic (exact) mass is 622 g/mol. The van der Waals surface area contributed by atoms with Crippen LogP contribution < -0.4 is 0 Å². The van der Waals surface area contributed by atoms with E-state index in [0.717, 1.165) is 16.7 Å². The molecule has 1 atom stereocenters. The fourth-order valence-corrected chi connectivity index (χ4v) is 7.81. The topological polar surface area (TPSA) is 87.2 Å². The van der Waals surface area contributed by atoms with E-state index in [9.17, 15) is 18.3 Å². The van der Waals surface area contributed by atoms with Gasteiger partial charge in [-0.25, -0.2) is 8.42 Å². The van der Waals surface area contributed by atoms with Crippen molar-refractivity contribution in [3.63, 3.8) is 0 Å². The van der Waals surface area contributed by atoms with Gasteiger partial charge in [-0.05, 0) is 66.3 Å². The van der Waals surface area contributed by atoms with Crippen molar-refractivity contribution in [2.75, 3.05) is 26.3 Å². The second-order valence-electron chi connectivity index (χ2n) is 10.2. The molecule has 7 nitrogen and oxygen atoms in total. The number of benzene rings is 3. The highest BCUT2D eigenvalue weighted by Gasteiger charge is 2.38. The van der Waals surface area contributed by atoms with Gasteiger partial charge in [0.05, 0.1) is 23.3 Å². The molecule has 1 fully saturated rings. The molecule has 11 heteroatoms. The number of hydrogen-bond acceptors (Lipinski definition) is 5. The van der Waals surface area contributed by atoms with E-state index in [1.807, 2.05) is 36.4 Å². The predicted octanol–water partition coefficient (Wildman–Crippen LogP) is 5.29. The number of nitrogens with zero attached hydrogens (tertiary/aromatic N) is 2. The van der Waals surface area contributed by atoms with Gasteiger partial charge in [-0.2, -0.15) is 4.31 Å². The van der Waals surface area contributed by atoms with Crippen molar-refractivity contribution in [1.29, 1.82) is 0 Å². The number of halogens is 3. The van der Waals surface area contributed by atoms with Crippen LogP contribution in [0.2, 0.25) is 15.1 Å². The molecule has 212 valence electrons. The highest BCUT2D eigenvalue weighted by molar-refractivity contribution is 7.89. The molecule has 2 aliphatic heterocycles. The maximum atomic E-state index is 13.7. The van der Waals surface area contributed by atoms with Crippen LogP contribution in [0.3, 0.4) is 0 Å². The van der Waals surface area contributed by atoms with Crippen molar-refractivity contribution >= 4 is 50.7 Å². The van der Waals surface area contributed by atoms with E-state index in [1.165, 1.54) is 22.5 Å². The summed E-state index contributed by atoms with van der Waals surface area (Å²) < 4.78 is 34.7. The van der Waals surface area contributed by atoms with Crippen LogP contribution in [0.25, 0.3) is 0 Å². The summed E-state index contributed by atoms with van der Waals surface area (Å²) in [4.78, 5) is 14.6. The summed E-state index contributed by atoms with van der Waals surface area (Å²) in [5.41, 5.74) is 1.70. The van der Waals surface area contributed by atoms with Gasteiger partial charge in [-0.15, -0.1) is 0 Å². The van der Waals surface area contributed by atoms with Gasteiger partial charge in [0, 0.05) is 29.7 Å². The minimum atomic E-state index is -3.98. The Labute approximate surface area is 249 Å². The first-order valence-corrected chi connectivity index (χ1v) is 15.5. The SMILES string of the molecule is O=C(COCC1Cc2ccccc2CN1S(=O)(=O)c1ccc(Cl)cc1Cl)N1CCC(O)(c2ccc(Cl)cc2)CC1. The summed E-state index contributed by atoms with van der Waals surface area (Å²) in [6, 6.07) is 18.6. The van der Waals surface area contributed by atoms with Crippen molar-refractivity contribution in [2.45, 2.75) is 42.3 Å². The van der Waals surface area contributed by atoms with Crippen LogP contribution in [-0.2, 0) is 38.1 Å². The third kappa shape index (κ3) is 6.19. The van der Waals surface area contributed by atoms with Gasteiger partial charge in [-0.3, -0.25) is 4.79 Å². The summed E-state index contributed by atoms with van der Waals surface area (Å²) >= 11 is 18.3. The summed E-state index contributed by atoms with van der Waals surface area (Å²) in [6.45, 7) is 0.774. The zero-order valence-electron chi connectivity index (χ0n) is 21.6. The van der Waals surface area contributed by atoms with E-state index in [2.05, 4.69) is 0 Å². The minimum absolute atomic E-state index is 0.0273. The first kappa shape index (κ1) is 29.3. The van der Waals surface area contributed by atoms with E-state index < -0.39 is 21.7 Å². The van der Waals surface area contributed by atoms with Gasteiger partial charge in [0.15, 0.2) is 0 Å². The van der Waals surface area contributed by atoms with Gasteiger partial charge in [0.25, 0.3) is 0 Å². The number of piperidine rings is 1. The van der Waals surface area contributed by atoms with Crippen LogP contribution in [0.4, 0.5) is 0 Å². The Bertz CT molecular complexity index is 1490. The zero-order valence-corrected chi connectivity index (χ0v) is 24.7. The van der Waals surface area contributed by atoms with E-state index in [-0.39, 0.29) is 35.6 Å². The van der Waals surface area contributed by atoms with Crippen molar-refractivity contribution < 1.29 is 23.1 Å². The van der Waals surface area contributed by atoms with Crippen LogP contribution in [0.15, 0.2) is 71.6 Å². The van der Waals surface area contributed by atoms with Gasteiger partial charge in [0.2, 0.25) is 15.9 Å². The van der Waals surface area contributed by atoms with Crippen LogP contribution in [-0.4, -0.2) is 61.0 Å². The fourth-order valence-electron chi connectivity index (χ4n) is 5.35. The van der Waals surface area contributed by atoms with Crippen LogP contribution in [0.1, 0.15) is 29.5 Å². The Kier molecular flexibility index (Phi) is 8.78. The first-order chi connectivity index (χ1) is 19.1. The number of sulfonamides is 1. The number of likely N-dealkylation sites (tertiary alicyclic amines) is 1. The van der Waals surface area contributed by atoms with Crippen molar-refractivity contribution in [1.82, 2.24) is 9.21 Å². The molecule has 40 heavy (non-hydrogen) atoms. The van der Waals surface area contributed by atoms with Crippen LogP contribution in [0, 0.1) is 0 Å². The number of carbonyl (C=O) groups is 1. The highest BCUT2D eigenvalue weighted by atomic mass is 35.5. The Hall–Kier alpha value is -2.17. The number of fused-ring (bicyclic) bond motifs is 1. The zero-order chi connectivity index (χ0) is 28.5. The third-order valence-electron chi connectivity index (χ3n) is 7.65. The molecule has 1 unspecified atom stereocenters. The molecule has 1 saturated heterocycles. The Morgan fingerprint density at radius 3 is 2.27 bits per heavy atom. The summed E-state index contributed by atoms with van der Waals surface area (Å²) in [6.07, 6.45) is 1.23. The maximum Gasteiger partial charge on any atom is 0.248 e. The standard InChI is InChI=1S/C29H29Cl3N2O5S/c30-23-7-5-22(6-8-23)29(36)11-13-33(14-12-29)28(35)19-39-18-25-15-20-3-1-2-4-21(20)17-34(25)40(37,38)27-10-9-24(31)16-26(27)32/h1-10,16,25,36H,11-15,17-19H2. The van der Waals surface area contributed by atoms with Gasteiger partial charge in [0.1, 0.15) is 11.5 Å². The molecule has 0 saturated carbocycles. The van der Waals surface area contributed by atoms with Gasteiger partial charge in [-0.1, -0.05) is 71.2 Å². The second kappa shape index (κ2) is 12.0. The molecule has 3 aromatic rings. The minimum Gasteiger partial charge on any atom is -0.385 e. The molecule has 0 aromatic heterocycles. The number of hydrogen-bond donors (Lipinski definition) is 1. The lowest BCUT2D eigenvalue weighted by Crippen LogP contribution is -2.48. The predicted molar refractivity (Wildman–Crippen MR) is 155 cm³/mol. The average molecular weight is 624 g/mol. The lowest BCUT2D eigenvalue weighted by molar-refractivity contribution is -0.141. The van der Waals surface area contributed by atoms with E-state index >= 15 is 0 Å². The molecule has 0 spiro atoms. The molecule has 0 bridgehead atoms. The summed E-state index contributed by atoms with van der Waals surface area (Å²) in [7, 11) is -3.98. The van der Waals surface area contributed by atoms with Crippen LogP contribution in [0.5, 0.6) is 0 Å².